The van der Waals surface area contributed by atoms with Gasteiger partial charge in [0.15, 0.2) is 0 Å². The monoisotopic (exact) mass is 288 g/mol. The van der Waals surface area contributed by atoms with Crippen LogP contribution in [0.5, 0.6) is 0 Å². The highest BCUT2D eigenvalue weighted by Crippen LogP contribution is 2.19. The van der Waals surface area contributed by atoms with Gasteiger partial charge in [0.05, 0.1) is 12.4 Å². The highest BCUT2D eigenvalue weighted by atomic mass is 32.2. The Kier molecular flexibility index (Phi) is 4.41. The molecule has 1 fully saturated rings. The van der Waals surface area contributed by atoms with Crippen molar-refractivity contribution >= 4 is 27.7 Å². The second-order valence-corrected chi connectivity index (χ2v) is 6.89. The van der Waals surface area contributed by atoms with Crippen molar-refractivity contribution in [1.82, 2.24) is 14.7 Å². The summed E-state index contributed by atoms with van der Waals surface area (Å²) in [5.41, 5.74) is 0. The molecule has 0 aromatic carbocycles. The summed E-state index contributed by atoms with van der Waals surface area (Å²) in [6.07, 6.45) is 4.57. The molecule has 0 aliphatic carbocycles. The molecule has 1 aliphatic heterocycles. The Labute approximate surface area is 111 Å². The summed E-state index contributed by atoms with van der Waals surface area (Å²) in [7, 11) is -1.82. The van der Waals surface area contributed by atoms with Crippen molar-refractivity contribution in [3.8, 4) is 0 Å². The van der Waals surface area contributed by atoms with E-state index in [4.69, 9.17) is 0 Å². The van der Waals surface area contributed by atoms with E-state index in [-0.39, 0.29) is 10.9 Å². The molecular formula is C10H16N4O2S2. The lowest BCUT2D eigenvalue weighted by molar-refractivity contribution is 0.542. The first-order chi connectivity index (χ1) is 8.62. The van der Waals surface area contributed by atoms with Crippen LogP contribution in [-0.2, 0) is 10.0 Å². The van der Waals surface area contributed by atoms with Crippen LogP contribution in [0.3, 0.4) is 0 Å². The van der Waals surface area contributed by atoms with Gasteiger partial charge in [-0.2, -0.15) is 11.8 Å². The third-order valence-electron chi connectivity index (χ3n) is 2.64. The number of hydrogen-bond donors (Lipinski definition) is 2. The first kappa shape index (κ1) is 13.6. The Balaban J connectivity index is 2.08. The predicted octanol–water partition coefficient (Wildman–Crippen LogP) is 0.692. The third-order valence-corrected chi connectivity index (χ3v) is 5.33. The van der Waals surface area contributed by atoms with E-state index < -0.39 is 10.0 Å². The fraction of sp³-hybridized carbons (Fsp3) is 0.600. The SMILES string of the molecule is CNc1ncc(S(=O)(=O)NC2CCCSC2)cn1. The van der Waals surface area contributed by atoms with E-state index in [1.54, 1.807) is 18.8 Å². The molecule has 0 saturated carbocycles. The summed E-state index contributed by atoms with van der Waals surface area (Å²) in [6.45, 7) is 0. The molecule has 1 unspecified atom stereocenters. The van der Waals surface area contributed by atoms with Gasteiger partial charge in [-0.25, -0.2) is 23.1 Å². The molecule has 0 radical (unpaired) electrons. The number of thioether (sulfide) groups is 1. The fourth-order valence-corrected chi connectivity index (χ4v) is 4.04. The van der Waals surface area contributed by atoms with Gasteiger partial charge in [0.2, 0.25) is 16.0 Å². The van der Waals surface area contributed by atoms with Crippen LogP contribution in [0, 0.1) is 0 Å². The number of rotatable bonds is 4. The van der Waals surface area contributed by atoms with Crippen LogP contribution in [0.1, 0.15) is 12.8 Å². The Morgan fingerprint density at radius 1 is 1.39 bits per heavy atom. The molecule has 1 atom stereocenters. The van der Waals surface area contributed by atoms with E-state index in [9.17, 15) is 8.42 Å². The van der Waals surface area contributed by atoms with Gasteiger partial charge in [-0.3, -0.25) is 0 Å². The van der Waals surface area contributed by atoms with Crippen molar-refractivity contribution in [3.05, 3.63) is 12.4 Å². The number of aromatic nitrogens is 2. The quantitative estimate of drug-likeness (QED) is 0.848. The smallest absolute Gasteiger partial charge is 0.243 e. The zero-order chi connectivity index (χ0) is 13.0. The lowest BCUT2D eigenvalue weighted by Crippen LogP contribution is -2.38. The summed E-state index contributed by atoms with van der Waals surface area (Å²) < 4.78 is 26.9. The second kappa shape index (κ2) is 5.85. The minimum atomic E-state index is -3.50. The topological polar surface area (TPSA) is 84.0 Å². The molecule has 1 saturated heterocycles. The van der Waals surface area contributed by atoms with Gasteiger partial charge < -0.3 is 5.32 Å². The maximum atomic E-state index is 12.1. The molecule has 0 amide bonds. The molecule has 1 aliphatic rings. The summed E-state index contributed by atoms with van der Waals surface area (Å²) >= 11 is 1.78. The van der Waals surface area contributed by atoms with Crippen LogP contribution in [0.15, 0.2) is 17.3 Å². The predicted molar refractivity (Wildman–Crippen MR) is 72.2 cm³/mol. The van der Waals surface area contributed by atoms with Gasteiger partial charge in [-0.1, -0.05) is 0 Å². The molecular weight excluding hydrogens is 272 g/mol. The van der Waals surface area contributed by atoms with E-state index in [2.05, 4.69) is 20.0 Å². The van der Waals surface area contributed by atoms with Crippen LogP contribution in [0.4, 0.5) is 5.95 Å². The minimum absolute atomic E-state index is 0.0118. The summed E-state index contributed by atoms with van der Waals surface area (Å²) in [5.74, 6) is 2.34. The van der Waals surface area contributed by atoms with Gasteiger partial charge in [-0.05, 0) is 18.6 Å². The average molecular weight is 288 g/mol. The van der Waals surface area contributed by atoms with Crippen LogP contribution >= 0.6 is 11.8 Å². The maximum absolute atomic E-state index is 12.1. The fourth-order valence-electron chi connectivity index (χ4n) is 1.71. The molecule has 2 heterocycles. The molecule has 1 aromatic heterocycles. The zero-order valence-electron chi connectivity index (χ0n) is 10.1. The number of nitrogens with one attached hydrogen (secondary N) is 2. The van der Waals surface area contributed by atoms with Gasteiger partial charge in [0, 0.05) is 18.8 Å². The number of sulfonamides is 1. The Hall–Kier alpha value is -0.860. The van der Waals surface area contributed by atoms with E-state index in [1.807, 2.05) is 0 Å². The molecule has 0 spiro atoms. The molecule has 2 rings (SSSR count). The molecule has 8 heteroatoms. The van der Waals surface area contributed by atoms with Crippen LogP contribution in [0.2, 0.25) is 0 Å². The van der Waals surface area contributed by atoms with Gasteiger partial charge in [-0.15, -0.1) is 0 Å². The Bertz CT molecular complexity index is 483. The van der Waals surface area contributed by atoms with Gasteiger partial charge in [0.25, 0.3) is 0 Å². The number of hydrogen-bond acceptors (Lipinski definition) is 6. The second-order valence-electron chi connectivity index (χ2n) is 4.03. The van der Waals surface area contributed by atoms with E-state index in [0.717, 1.165) is 24.3 Å². The molecule has 100 valence electrons. The largest absolute Gasteiger partial charge is 0.357 e. The van der Waals surface area contributed by atoms with E-state index in [1.165, 1.54) is 12.4 Å². The normalized spacial score (nSPS) is 20.6. The van der Waals surface area contributed by atoms with Crippen LogP contribution in [-0.4, -0.2) is 43.0 Å². The van der Waals surface area contributed by atoms with Crippen molar-refractivity contribution in [1.29, 1.82) is 0 Å². The lowest BCUT2D eigenvalue weighted by atomic mass is 10.2. The first-order valence-electron chi connectivity index (χ1n) is 5.72. The average Bonchev–Trinajstić information content (AvgIpc) is 2.39. The van der Waals surface area contributed by atoms with Crippen molar-refractivity contribution in [2.45, 2.75) is 23.8 Å². The first-order valence-corrected chi connectivity index (χ1v) is 8.35. The van der Waals surface area contributed by atoms with Crippen LogP contribution in [0.25, 0.3) is 0 Å². The molecule has 0 bridgehead atoms. The summed E-state index contributed by atoms with van der Waals surface area (Å²) in [4.78, 5) is 7.93. The highest BCUT2D eigenvalue weighted by molar-refractivity contribution is 7.99. The van der Waals surface area contributed by atoms with Gasteiger partial charge >= 0.3 is 0 Å². The molecule has 6 nitrogen and oxygen atoms in total. The maximum Gasteiger partial charge on any atom is 0.243 e. The summed E-state index contributed by atoms with van der Waals surface area (Å²) in [5, 5.41) is 2.75. The van der Waals surface area contributed by atoms with Crippen molar-refractivity contribution in [3.63, 3.8) is 0 Å². The van der Waals surface area contributed by atoms with E-state index >= 15 is 0 Å². The minimum Gasteiger partial charge on any atom is -0.357 e. The van der Waals surface area contributed by atoms with Crippen molar-refractivity contribution < 1.29 is 8.42 Å². The Morgan fingerprint density at radius 3 is 2.67 bits per heavy atom. The van der Waals surface area contributed by atoms with E-state index in [0.29, 0.717) is 5.95 Å². The standard InChI is InChI=1S/C10H16N4O2S2/c1-11-10-12-5-9(6-13-10)18(15,16)14-8-3-2-4-17-7-8/h5-6,8,14H,2-4,7H2,1H3,(H,11,12,13). The highest BCUT2D eigenvalue weighted by Gasteiger charge is 2.22. The van der Waals surface area contributed by atoms with Crippen LogP contribution < -0.4 is 10.0 Å². The zero-order valence-corrected chi connectivity index (χ0v) is 11.7. The van der Waals surface area contributed by atoms with Crippen molar-refractivity contribution in [2.75, 3.05) is 23.9 Å². The number of anilines is 1. The third kappa shape index (κ3) is 3.33. The molecule has 1 aromatic rings. The lowest BCUT2D eigenvalue weighted by Gasteiger charge is -2.22. The summed E-state index contributed by atoms with van der Waals surface area (Å²) in [6, 6.07) is 0.0118. The van der Waals surface area contributed by atoms with Gasteiger partial charge in [0.1, 0.15) is 4.90 Å². The Morgan fingerprint density at radius 2 is 2.11 bits per heavy atom. The molecule has 2 N–H and O–H groups in total. The van der Waals surface area contributed by atoms with Crippen molar-refractivity contribution in [2.24, 2.45) is 0 Å². The number of nitrogens with zero attached hydrogens (tertiary/aromatic N) is 2. The molecule has 18 heavy (non-hydrogen) atoms.